The normalized spacial score (nSPS) is 10.3. The van der Waals surface area contributed by atoms with Crippen molar-refractivity contribution in [1.29, 1.82) is 0 Å². The summed E-state index contributed by atoms with van der Waals surface area (Å²) >= 11 is 9.37. The third kappa shape index (κ3) is 2.64. The Labute approximate surface area is 99.2 Å². The number of anilines is 1. The quantitative estimate of drug-likeness (QED) is 0.750. The Morgan fingerprint density at radius 2 is 1.93 bits per heavy atom. The Hall–Kier alpha value is -0.210. The van der Waals surface area contributed by atoms with E-state index in [9.17, 15) is 0 Å². The minimum absolute atomic E-state index is 0.561. The Balaban J connectivity index is 3.06. The summed E-state index contributed by atoms with van der Waals surface area (Å²) in [5.74, 6) is 0.561. The molecule has 1 aromatic rings. The number of hydrogen-bond donors (Lipinski definition) is 0. The van der Waals surface area contributed by atoms with Crippen LogP contribution < -0.4 is 4.90 Å². The van der Waals surface area contributed by atoms with Gasteiger partial charge in [-0.3, -0.25) is 0 Å². The van der Waals surface area contributed by atoms with Crippen molar-refractivity contribution in [2.24, 2.45) is 0 Å². The van der Waals surface area contributed by atoms with Crippen LogP contribution >= 0.6 is 27.5 Å². The van der Waals surface area contributed by atoms with Gasteiger partial charge in [0, 0.05) is 29.1 Å². The highest BCUT2D eigenvalue weighted by Crippen LogP contribution is 2.25. The fraction of sp³-hybridized carbons (Fsp3) is 0.455. The first kappa shape index (κ1) is 11.9. The van der Waals surface area contributed by atoms with Crippen LogP contribution in [0, 0.1) is 0 Å². The standard InChI is InChI=1S/C11H15BrClN/c1-3-14(4-2)11-6-5-10(12)7-9(11)8-13/h5-7H,3-4,8H2,1-2H3. The second kappa shape index (κ2) is 5.62. The van der Waals surface area contributed by atoms with Gasteiger partial charge in [0.05, 0.1) is 0 Å². The number of benzene rings is 1. The third-order valence-electron chi connectivity index (χ3n) is 2.29. The first-order valence-corrected chi connectivity index (χ1v) is 6.15. The van der Waals surface area contributed by atoms with Crippen LogP contribution in [0.2, 0.25) is 0 Å². The molecule has 0 heterocycles. The van der Waals surface area contributed by atoms with Gasteiger partial charge in [0.15, 0.2) is 0 Å². The highest BCUT2D eigenvalue weighted by atomic mass is 79.9. The molecule has 1 aromatic carbocycles. The van der Waals surface area contributed by atoms with E-state index < -0.39 is 0 Å². The van der Waals surface area contributed by atoms with E-state index in [1.807, 2.05) is 0 Å². The monoisotopic (exact) mass is 275 g/mol. The molecule has 0 atom stereocenters. The lowest BCUT2D eigenvalue weighted by Crippen LogP contribution is -2.22. The fourth-order valence-corrected chi connectivity index (χ4v) is 2.16. The number of rotatable bonds is 4. The lowest BCUT2D eigenvalue weighted by Gasteiger charge is -2.23. The topological polar surface area (TPSA) is 3.24 Å². The zero-order chi connectivity index (χ0) is 10.6. The average Bonchev–Trinajstić information content (AvgIpc) is 2.21. The van der Waals surface area contributed by atoms with Crippen LogP contribution in [0.5, 0.6) is 0 Å². The van der Waals surface area contributed by atoms with Crippen LogP contribution in [0.25, 0.3) is 0 Å². The average molecular weight is 277 g/mol. The molecule has 0 amide bonds. The maximum absolute atomic E-state index is 5.91. The molecule has 1 rings (SSSR count). The molecule has 0 aliphatic carbocycles. The van der Waals surface area contributed by atoms with Crippen molar-refractivity contribution in [3.05, 3.63) is 28.2 Å². The maximum Gasteiger partial charge on any atom is 0.0494 e. The second-order valence-corrected chi connectivity index (χ2v) is 4.26. The molecule has 78 valence electrons. The van der Waals surface area contributed by atoms with E-state index in [2.05, 4.69) is 52.9 Å². The summed E-state index contributed by atoms with van der Waals surface area (Å²) < 4.78 is 1.09. The molecule has 0 N–H and O–H groups in total. The molecule has 0 radical (unpaired) electrons. The van der Waals surface area contributed by atoms with E-state index in [1.165, 1.54) is 11.3 Å². The first-order chi connectivity index (χ1) is 6.72. The molecule has 0 saturated carbocycles. The molecule has 0 bridgehead atoms. The molecule has 0 spiro atoms. The zero-order valence-corrected chi connectivity index (χ0v) is 10.9. The fourth-order valence-electron chi connectivity index (χ4n) is 1.53. The Bertz CT molecular complexity index is 297. The highest BCUT2D eigenvalue weighted by molar-refractivity contribution is 9.10. The van der Waals surface area contributed by atoms with Crippen molar-refractivity contribution >= 4 is 33.2 Å². The van der Waals surface area contributed by atoms with Gasteiger partial charge in [0.2, 0.25) is 0 Å². The smallest absolute Gasteiger partial charge is 0.0494 e. The predicted octanol–water partition coefficient (Wildman–Crippen LogP) is 4.03. The van der Waals surface area contributed by atoms with Crippen molar-refractivity contribution in [2.45, 2.75) is 19.7 Å². The van der Waals surface area contributed by atoms with E-state index in [1.54, 1.807) is 0 Å². The van der Waals surface area contributed by atoms with E-state index in [-0.39, 0.29) is 0 Å². The van der Waals surface area contributed by atoms with E-state index in [0.717, 1.165) is 17.6 Å². The van der Waals surface area contributed by atoms with Crippen molar-refractivity contribution in [2.75, 3.05) is 18.0 Å². The molecule has 0 aromatic heterocycles. The van der Waals surface area contributed by atoms with Gasteiger partial charge in [-0.2, -0.15) is 0 Å². The van der Waals surface area contributed by atoms with Gasteiger partial charge in [0.1, 0.15) is 0 Å². The van der Waals surface area contributed by atoms with Crippen molar-refractivity contribution in [3.63, 3.8) is 0 Å². The molecular weight excluding hydrogens is 261 g/mol. The van der Waals surface area contributed by atoms with E-state index >= 15 is 0 Å². The van der Waals surface area contributed by atoms with Crippen LogP contribution in [0.1, 0.15) is 19.4 Å². The van der Waals surface area contributed by atoms with E-state index in [0.29, 0.717) is 5.88 Å². The molecule has 0 aliphatic heterocycles. The van der Waals surface area contributed by atoms with Crippen LogP contribution in [-0.4, -0.2) is 13.1 Å². The van der Waals surface area contributed by atoms with E-state index in [4.69, 9.17) is 11.6 Å². The molecule has 0 aliphatic rings. The number of nitrogens with zero attached hydrogens (tertiary/aromatic N) is 1. The highest BCUT2D eigenvalue weighted by Gasteiger charge is 2.07. The summed E-state index contributed by atoms with van der Waals surface area (Å²) in [6, 6.07) is 6.26. The van der Waals surface area contributed by atoms with Crippen LogP contribution in [-0.2, 0) is 5.88 Å². The Morgan fingerprint density at radius 1 is 1.29 bits per heavy atom. The number of hydrogen-bond acceptors (Lipinski definition) is 1. The van der Waals surface area contributed by atoms with Crippen LogP contribution in [0.4, 0.5) is 5.69 Å². The summed E-state index contributed by atoms with van der Waals surface area (Å²) in [6.07, 6.45) is 0. The van der Waals surface area contributed by atoms with Crippen LogP contribution in [0.3, 0.4) is 0 Å². The van der Waals surface area contributed by atoms with Gasteiger partial charge in [-0.25, -0.2) is 0 Å². The van der Waals surface area contributed by atoms with Gasteiger partial charge < -0.3 is 4.90 Å². The van der Waals surface area contributed by atoms with Gasteiger partial charge in [0.25, 0.3) is 0 Å². The lowest BCUT2D eigenvalue weighted by atomic mass is 10.2. The molecule has 3 heteroatoms. The predicted molar refractivity (Wildman–Crippen MR) is 67.3 cm³/mol. The minimum atomic E-state index is 0.561. The molecular formula is C11H15BrClN. The summed E-state index contributed by atoms with van der Waals surface area (Å²) in [5.41, 5.74) is 2.43. The molecule has 1 nitrogen and oxygen atoms in total. The maximum atomic E-state index is 5.91. The largest absolute Gasteiger partial charge is 0.372 e. The van der Waals surface area contributed by atoms with Crippen LogP contribution in [0.15, 0.2) is 22.7 Å². The summed E-state index contributed by atoms with van der Waals surface area (Å²) in [5, 5.41) is 0. The Morgan fingerprint density at radius 3 is 2.43 bits per heavy atom. The number of halogens is 2. The van der Waals surface area contributed by atoms with Gasteiger partial charge in [-0.15, -0.1) is 11.6 Å². The first-order valence-electron chi connectivity index (χ1n) is 4.82. The van der Waals surface area contributed by atoms with Gasteiger partial charge >= 0.3 is 0 Å². The third-order valence-corrected chi connectivity index (χ3v) is 3.07. The number of alkyl halides is 1. The molecule has 0 unspecified atom stereocenters. The lowest BCUT2D eigenvalue weighted by molar-refractivity contribution is 0.860. The molecule has 0 fully saturated rings. The SMILES string of the molecule is CCN(CC)c1ccc(Br)cc1CCl. The Kier molecular flexibility index (Phi) is 4.76. The van der Waals surface area contributed by atoms with Gasteiger partial charge in [-0.1, -0.05) is 15.9 Å². The minimum Gasteiger partial charge on any atom is -0.372 e. The van der Waals surface area contributed by atoms with Gasteiger partial charge in [-0.05, 0) is 37.6 Å². The van der Waals surface area contributed by atoms with Crippen molar-refractivity contribution in [3.8, 4) is 0 Å². The summed E-state index contributed by atoms with van der Waals surface area (Å²) in [4.78, 5) is 2.31. The van der Waals surface area contributed by atoms with Crippen molar-refractivity contribution < 1.29 is 0 Å². The summed E-state index contributed by atoms with van der Waals surface area (Å²) in [6.45, 7) is 6.34. The summed E-state index contributed by atoms with van der Waals surface area (Å²) in [7, 11) is 0. The zero-order valence-electron chi connectivity index (χ0n) is 8.56. The van der Waals surface area contributed by atoms with Crippen molar-refractivity contribution in [1.82, 2.24) is 0 Å². The second-order valence-electron chi connectivity index (χ2n) is 3.08. The molecule has 14 heavy (non-hydrogen) atoms. The molecule has 0 saturated heterocycles.